The van der Waals surface area contributed by atoms with Gasteiger partial charge in [0.1, 0.15) is 11.8 Å². The molecule has 4 fully saturated rings. The van der Waals surface area contributed by atoms with Crippen molar-refractivity contribution < 1.29 is 58.2 Å². The van der Waals surface area contributed by atoms with Crippen molar-refractivity contribution in [3.63, 3.8) is 0 Å². The maximum Gasteiger partial charge on any atom is 0.309 e. The zero-order chi connectivity index (χ0) is 45.2. The molecule has 5 rings (SSSR count). The number of aliphatic hydroxyl groups is 2. The van der Waals surface area contributed by atoms with Gasteiger partial charge in [-0.1, -0.05) is 68.4 Å². The van der Waals surface area contributed by atoms with Crippen molar-refractivity contribution in [1.82, 2.24) is 10.6 Å². The number of ether oxygens (including phenoxy) is 5. The van der Waals surface area contributed by atoms with Crippen LogP contribution in [-0.4, -0.2) is 111 Å². The third kappa shape index (κ3) is 9.95. The van der Waals surface area contributed by atoms with Gasteiger partial charge in [0.05, 0.1) is 53.7 Å². The molecule has 5 aliphatic heterocycles. The highest BCUT2D eigenvalue weighted by atomic mass is 16.8. The Hall–Kier alpha value is -2.46. The van der Waals surface area contributed by atoms with E-state index in [-0.39, 0.29) is 29.6 Å². The number of carbonyl (C=O) groups is 4. The van der Waals surface area contributed by atoms with E-state index in [1.165, 1.54) is 0 Å². The van der Waals surface area contributed by atoms with Crippen molar-refractivity contribution in [3.8, 4) is 0 Å². The van der Waals surface area contributed by atoms with Crippen LogP contribution in [0.15, 0.2) is 12.2 Å². The van der Waals surface area contributed by atoms with Crippen LogP contribution < -0.4 is 10.6 Å². The summed E-state index contributed by atoms with van der Waals surface area (Å²) in [4.78, 5) is 52.8. The van der Waals surface area contributed by atoms with E-state index >= 15 is 0 Å². The highest BCUT2D eigenvalue weighted by Gasteiger charge is 2.63. The van der Waals surface area contributed by atoms with Crippen LogP contribution in [0.4, 0.5) is 0 Å². The first-order valence-electron chi connectivity index (χ1n) is 23.5. The molecule has 348 valence electrons. The van der Waals surface area contributed by atoms with Gasteiger partial charge in [0.25, 0.3) is 0 Å². The second-order valence-electron chi connectivity index (χ2n) is 19.7. The summed E-state index contributed by atoms with van der Waals surface area (Å²) in [6.07, 6.45) is 6.40. The molecule has 0 aromatic carbocycles. The van der Waals surface area contributed by atoms with Gasteiger partial charge in [-0.15, -0.1) is 0 Å². The molecule has 5 aliphatic rings. The SMILES string of the molecule is CCCNC(=O)C(=O)N[C@@H]1C=C[C@]2(O[C@H](C(CC)C(=O)[C@@H](C)[C@@H](O)[C@H](C)[C@@H]3O[C@@H]([C@@H](CC)C(=O)O)CC[C@@H]3C)[C@@H](C)C[C@H]2C)O[C@@]12CC[C@@](C)([C@H]1CC[C@](O)(CC)[C@H](C)O1)O2. The number of carboxylic acid groups (broad SMARTS) is 1. The van der Waals surface area contributed by atoms with Gasteiger partial charge in [-0.05, 0) is 96.0 Å². The van der Waals surface area contributed by atoms with Gasteiger partial charge in [0.2, 0.25) is 0 Å². The average molecular weight is 863 g/mol. The zero-order valence-corrected chi connectivity index (χ0v) is 38.7. The smallest absolute Gasteiger partial charge is 0.309 e. The lowest BCUT2D eigenvalue weighted by atomic mass is 9.72. The number of hydrogen-bond acceptors (Lipinski definition) is 11. The summed E-state index contributed by atoms with van der Waals surface area (Å²) in [6.45, 7) is 21.7. The van der Waals surface area contributed by atoms with E-state index in [1.54, 1.807) is 19.1 Å². The fraction of sp³-hybridized carbons (Fsp3) is 0.872. The van der Waals surface area contributed by atoms with Crippen LogP contribution >= 0.6 is 0 Å². The van der Waals surface area contributed by atoms with E-state index in [1.807, 2.05) is 55.4 Å². The van der Waals surface area contributed by atoms with E-state index in [2.05, 4.69) is 24.5 Å². The van der Waals surface area contributed by atoms with Crippen molar-refractivity contribution in [2.75, 3.05) is 6.54 Å². The van der Waals surface area contributed by atoms with Gasteiger partial charge in [0.15, 0.2) is 11.6 Å². The Balaban J connectivity index is 1.40. The fourth-order valence-corrected chi connectivity index (χ4v) is 11.2. The zero-order valence-electron chi connectivity index (χ0n) is 38.7. The predicted octanol–water partition coefficient (Wildman–Crippen LogP) is 5.84. The molecule has 2 spiro atoms. The summed E-state index contributed by atoms with van der Waals surface area (Å²) >= 11 is 0. The number of aliphatic hydroxyl groups excluding tert-OH is 1. The maximum atomic E-state index is 14.6. The largest absolute Gasteiger partial charge is 0.481 e. The monoisotopic (exact) mass is 863 g/mol. The molecule has 5 heterocycles. The Kier molecular flexibility index (Phi) is 16.0. The van der Waals surface area contributed by atoms with Crippen molar-refractivity contribution in [1.29, 1.82) is 0 Å². The van der Waals surface area contributed by atoms with Crippen LogP contribution in [0.2, 0.25) is 0 Å². The van der Waals surface area contributed by atoms with Gasteiger partial charge in [0, 0.05) is 36.6 Å². The molecule has 0 aliphatic carbocycles. The number of ketones is 1. The van der Waals surface area contributed by atoms with Gasteiger partial charge < -0.3 is 49.6 Å². The van der Waals surface area contributed by atoms with Gasteiger partial charge in [-0.3, -0.25) is 19.2 Å². The molecule has 0 aromatic rings. The van der Waals surface area contributed by atoms with Crippen molar-refractivity contribution in [2.45, 2.75) is 212 Å². The molecule has 0 aromatic heterocycles. The lowest BCUT2D eigenvalue weighted by Crippen LogP contribution is -2.66. The van der Waals surface area contributed by atoms with Crippen LogP contribution in [0.3, 0.4) is 0 Å². The maximum absolute atomic E-state index is 14.6. The van der Waals surface area contributed by atoms with Gasteiger partial charge in [-0.2, -0.15) is 0 Å². The first kappa shape index (κ1) is 49.6. The molecule has 14 heteroatoms. The molecule has 14 nitrogen and oxygen atoms in total. The quantitative estimate of drug-likeness (QED) is 0.0976. The summed E-state index contributed by atoms with van der Waals surface area (Å²) in [5.41, 5.74) is -1.82. The number of nitrogens with one attached hydrogen (secondary N) is 2. The lowest BCUT2D eigenvalue weighted by Gasteiger charge is -2.55. The van der Waals surface area contributed by atoms with Crippen LogP contribution in [-0.2, 0) is 42.9 Å². The molecule has 61 heavy (non-hydrogen) atoms. The normalized spacial score (nSPS) is 41.4. The summed E-state index contributed by atoms with van der Waals surface area (Å²) in [7, 11) is 0. The van der Waals surface area contributed by atoms with Crippen LogP contribution in [0, 0.1) is 41.4 Å². The Labute approximate surface area is 364 Å². The Bertz CT molecular complexity index is 1590. The number of Topliss-reactive ketones (excluding diaryl/α,β-unsaturated/α-hetero) is 1. The first-order valence-corrected chi connectivity index (χ1v) is 23.5. The van der Waals surface area contributed by atoms with Crippen molar-refractivity contribution in [3.05, 3.63) is 12.2 Å². The molecule has 0 saturated carbocycles. The number of carboxylic acids is 1. The predicted molar refractivity (Wildman–Crippen MR) is 228 cm³/mol. The minimum absolute atomic E-state index is 0.0578. The Morgan fingerprint density at radius 1 is 0.852 bits per heavy atom. The molecule has 2 amide bonds. The van der Waals surface area contributed by atoms with Gasteiger partial charge >= 0.3 is 17.8 Å². The Morgan fingerprint density at radius 2 is 1.54 bits per heavy atom. The van der Waals surface area contributed by atoms with Crippen LogP contribution in [0.1, 0.15) is 147 Å². The molecule has 18 atom stereocenters. The van der Waals surface area contributed by atoms with Crippen molar-refractivity contribution >= 4 is 23.6 Å². The third-order valence-corrected chi connectivity index (χ3v) is 15.5. The van der Waals surface area contributed by atoms with Crippen molar-refractivity contribution in [2.24, 2.45) is 41.4 Å². The van der Waals surface area contributed by atoms with E-state index in [0.717, 1.165) is 6.42 Å². The Morgan fingerprint density at radius 3 is 2.15 bits per heavy atom. The van der Waals surface area contributed by atoms with E-state index in [0.29, 0.717) is 70.8 Å². The summed E-state index contributed by atoms with van der Waals surface area (Å²) < 4.78 is 34.3. The standard InChI is InChI=1S/C47H78N2O12/c1-12-24-48-41(52)42(53)49-35-18-21-46(61-47(35)23-22-44(11,60-47)36-19-20-45(56,15-4)31(10)57-36)28(7)25-27(6)40(59-46)33(14-3)38(51)29(8)37(50)30(9)39-26(5)16-17-34(58-39)32(13-2)43(54)55/h18,21,26-37,39-40,50,56H,12-17,19-20,22-25H2,1-11H3,(H,48,52)(H,49,53)(H,54,55)/t26-,27-,28+,29-,30-,31-,32+,33?,34+,35+,36+,37+,39+,40-,44-,45+,46-,47-/m0/s1. The number of hydrogen-bond donors (Lipinski definition) is 5. The molecule has 0 bridgehead atoms. The molecule has 1 unspecified atom stereocenters. The second kappa shape index (κ2) is 19.7. The second-order valence-corrected chi connectivity index (χ2v) is 19.7. The summed E-state index contributed by atoms with van der Waals surface area (Å²) in [6, 6.07) is -0.866. The number of rotatable bonds is 15. The number of aliphatic carboxylic acids is 1. The highest BCUT2D eigenvalue weighted by Crippen LogP contribution is 2.54. The lowest BCUT2D eigenvalue weighted by molar-refractivity contribution is -0.398. The topological polar surface area (TPSA) is 199 Å². The molecule has 4 saturated heterocycles. The summed E-state index contributed by atoms with van der Waals surface area (Å²) in [5.74, 6) is -8.02. The van der Waals surface area contributed by atoms with E-state index in [9.17, 15) is 34.5 Å². The van der Waals surface area contributed by atoms with E-state index < -0.39 is 101 Å². The summed E-state index contributed by atoms with van der Waals surface area (Å²) in [5, 5.41) is 38.4. The number of carbonyl (C=O) groups excluding carboxylic acids is 3. The minimum atomic E-state index is -1.47. The molecular formula is C47H78N2O12. The van der Waals surface area contributed by atoms with Crippen LogP contribution in [0.25, 0.3) is 0 Å². The van der Waals surface area contributed by atoms with Gasteiger partial charge in [-0.25, -0.2) is 0 Å². The molecule has 5 N–H and O–H groups in total. The van der Waals surface area contributed by atoms with E-state index in [4.69, 9.17) is 23.7 Å². The third-order valence-electron chi connectivity index (χ3n) is 15.5. The molecular weight excluding hydrogens is 785 g/mol. The molecule has 0 radical (unpaired) electrons. The van der Waals surface area contributed by atoms with Crippen LogP contribution in [0.5, 0.6) is 0 Å². The minimum Gasteiger partial charge on any atom is -0.481 e. The number of amides is 2. The fourth-order valence-electron chi connectivity index (χ4n) is 11.2. The average Bonchev–Trinajstić information content (AvgIpc) is 3.57. The highest BCUT2D eigenvalue weighted by molar-refractivity contribution is 6.35. The first-order chi connectivity index (χ1) is 28.6.